The van der Waals surface area contributed by atoms with E-state index in [-0.39, 0.29) is 5.41 Å². The Balaban J connectivity index is 2.01. The molecule has 0 atom stereocenters. The summed E-state index contributed by atoms with van der Waals surface area (Å²) in [5.74, 6) is 0.893. The molecule has 0 aromatic rings. The zero-order chi connectivity index (χ0) is 11.1. The van der Waals surface area contributed by atoms with Gasteiger partial charge in [0.05, 0.1) is 5.41 Å². The van der Waals surface area contributed by atoms with Gasteiger partial charge in [-0.15, -0.1) is 0 Å². The Labute approximate surface area is 92.0 Å². The molecule has 2 N–H and O–H groups in total. The molecule has 86 valence electrons. The molecule has 0 aliphatic heterocycles. The number of hydrogen-bond acceptors (Lipinski definition) is 2. The van der Waals surface area contributed by atoms with Gasteiger partial charge in [0.25, 0.3) is 0 Å². The molecule has 3 heteroatoms. The molecule has 0 heterocycles. The van der Waals surface area contributed by atoms with Crippen molar-refractivity contribution in [3.63, 3.8) is 0 Å². The van der Waals surface area contributed by atoms with Crippen LogP contribution in [0.25, 0.3) is 0 Å². The summed E-state index contributed by atoms with van der Waals surface area (Å²) in [5, 5.41) is 0. The minimum absolute atomic E-state index is 0.155. The molecule has 0 radical (unpaired) electrons. The molecule has 2 aliphatic rings. The second kappa shape index (κ2) is 3.78. The van der Waals surface area contributed by atoms with Crippen LogP contribution in [0.3, 0.4) is 0 Å². The summed E-state index contributed by atoms with van der Waals surface area (Å²) in [4.78, 5) is 14.4. The molecule has 0 spiro atoms. The van der Waals surface area contributed by atoms with Crippen molar-refractivity contribution in [2.45, 2.75) is 45.6 Å². The van der Waals surface area contributed by atoms with Crippen molar-refractivity contribution in [3.8, 4) is 0 Å². The molecule has 2 fully saturated rings. The second-order valence-corrected chi connectivity index (χ2v) is 5.57. The lowest BCUT2D eigenvalue weighted by Crippen LogP contribution is -2.43. The molecule has 1 amide bonds. The predicted molar refractivity (Wildman–Crippen MR) is 60.3 cm³/mol. The number of amides is 1. The van der Waals surface area contributed by atoms with Gasteiger partial charge in [-0.2, -0.15) is 0 Å². The van der Waals surface area contributed by atoms with E-state index >= 15 is 0 Å². The van der Waals surface area contributed by atoms with E-state index < -0.39 is 0 Å². The van der Waals surface area contributed by atoms with E-state index in [9.17, 15) is 4.79 Å². The van der Waals surface area contributed by atoms with Crippen molar-refractivity contribution in [2.75, 3.05) is 13.1 Å². The van der Waals surface area contributed by atoms with Crippen molar-refractivity contribution >= 4 is 5.91 Å². The lowest BCUT2D eigenvalue weighted by atomic mass is 10.0. The van der Waals surface area contributed by atoms with E-state index in [1.54, 1.807) is 0 Å². The topological polar surface area (TPSA) is 46.3 Å². The smallest absolute Gasteiger partial charge is 0.230 e. The van der Waals surface area contributed by atoms with Crippen LogP contribution in [0.15, 0.2) is 0 Å². The molecule has 2 aliphatic carbocycles. The molecule has 0 unspecified atom stereocenters. The van der Waals surface area contributed by atoms with Crippen LogP contribution in [0.5, 0.6) is 0 Å². The monoisotopic (exact) mass is 210 g/mol. The van der Waals surface area contributed by atoms with Crippen LogP contribution in [0.2, 0.25) is 0 Å². The van der Waals surface area contributed by atoms with Crippen LogP contribution in [-0.2, 0) is 4.79 Å². The third-order valence-corrected chi connectivity index (χ3v) is 3.51. The Hall–Kier alpha value is -0.570. The van der Waals surface area contributed by atoms with Gasteiger partial charge < -0.3 is 10.6 Å². The quantitative estimate of drug-likeness (QED) is 0.745. The first-order valence-electron chi connectivity index (χ1n) is 6.10. The van der Waals surface area contributed by atoms with Gasteiger partial charge in [-0.05, 0) is 31.6 Å². The van der Waals surface area contributed by atoms with E-state index in [0.29, 0.717) is 24.4 Å². The molecule has 0 bridgehead atoms. The summed E-state index contributed by atoms with van der Waals surface area (Å²) in [5.41, 5.74) is 5.56. The summed E-state index contributed by atoms with van der Waals surface area (Å²) < 4.78 is 0. The number of hydrogen-bond donors (Lipinski definition) is 1. The lowest BCUT2D eigenvalue weighted by molar-refractivity contribution is -0.137. The van der Waals surface area contributed by atoms with Gasteiger partial charge in [0.1, 0.15) is 0 Å². The maximum Gasteiger partial charge on any atom is 0.230 e. The summed E-state index contributed by atoms with van der Waals surface area (Å²) in [6.45, 7) is 5.79. The van der Waals surface area contributed by atoms with Crippen LogP contribution < -0.4 is 5.73 Å². The summed E-state index contributed by atoms with van der Waals surface area (Å²) in [6.07, 6.45) is 4.39. The number of nitrogens with two attached hydrogens (primary N) is 1. The van der Waals surface area contributed by atoms with Crippen molar-refractivity contribution in [1.82, 2.24) is 4.90 Å². The summed E-state index contributed by atoms with van der Waals surface area (Å²) in [6, 6.07) is 0.531. The van der Waals surface area contributed by atoms with Gasteiger partial charge >= 0.3 is 0 Å². The molecular weight excluding hydrogens is 188 g/mol. The maximum atomic E-state index is 12.3. The predicted octanol–water partition coefficient (Wildman–Crippen LogP) is 1.37. The molecule has 0 aromatic carbocycles. The third-order valence-electron chi connectivity index (χ3n) is 3.51. The van der Waals surface area contributed by atoms with Gasteiger partial charge in [0, 0.05) is 19.1 Å². The number of carbonyl (C=O) groups excluding carboxylic acids is 1. The van der Waals surface area contributed by atoms with E-state index in [2.05, 4.69) is 18.7 Å². The first-order chi connectivity index (χ1) is 7.09. The molecule has 2 saturated carbocycles. The van der Waals surface area contributed by atoms with Crippen LogP contribution in [0.4, 0.5) is 0 Å². The Morgan fingerprint density at radius 2 is 2.07 bits per heavy atom. The molecule has 2 rings (SSSR count). The highest BCUT2D eigenvalue weighted by molar-refractivity contribution is 5.86. The fourth-order valence-electron chi connectivity index (χ4n) is 2.14. The van der Waals surface area contributed by atoms with Crippen LogP contribution >= 0.6 is 0 Å². The van der Waals surface area contributed by atoms with E-state index in [1.807, 2.05) is 0 Å². The highest BCUT2D eigenvalue weighted by Crippen LogP contribution is 2.47. The highest BCUT2D eigenvalue weighted by Gasteiger charge is 2.52. The SMILES string of the molecule is CC(C)CN(C(=O)C1(CN)CC1)C1CC1. The number of nitrogens with zero attached hydrogens (tertiary/aromatic N) is 1. The van der Waals surface area contributed by atoms with Crippen molar-refractivity contribution < 1.29 is 4.79 Å². The molecular formula is C12H22N2O. The minimum atomic E-state index is -0.155. The van der Waals surface area contributed by atoms with Gasteiger partial charge in [0.15, 0.2) is 0 Å². The van der Waals surface area contributed by atoms with Gasteiger partial charge in [-0.1, -0.05) is 13.8 Å². The standard InChI is InChI=1S/C12H22N2O/c1-9(2)7-14(10-3-4-10)11(15)12(8-13)5-6-12/h9-10H,3-8,13H2,1-2H3. The fourth-order valence-corrected chi connectivity index (χ4v) is 2.14. The Morgan fingerprint density at radius 1 is 1.47 bits per heavy atom. The molecule has 3 nitrogen and oxygen atoms in total. The largest absolute Gasteiger partial charge is 0.339 e. The third kappa shape index (κ3) is 2.17. The summed E-state index contributed by atoms with van der Waals surface area (Å²) in [7, 11) is 0. The maximum absolute atomic E-state index is 12.3. The number of carbonyl (C=O) groups is 1. The molecule has 15 heavy (non-hydrogen) atoms. The van der Waals surface area contributed by atoms with Gasteiger partial charge in [-0.3, -0.25) is 4.79 Å². The fraction of sp³-hybridized carbons (Fsp3) is 0.917. The molecule has 0 aromatic heterocycles. The van der Waals surface area contributed by atoms with Crippen molar-refractivity contribution in [1.29, 1.82) is 0 Å². The van der Waals surface area contributed by atoms with Crippen LogP contribution in [0, 0.1) is 11.3 Å². The minimum Gasteiger partial charge on any atom is -0.339 e. The Morgan fingerprint density at radius 3 is 2.40 bits per heavy atom. The summed E-state index contributed by atoms with van der Waals surface area (Å²) >= 11 is 0. The zero-order valence-electron chi connectivity index (χ0n) is 9.83. The van der Waals surface area contributed by atoms with E-state index in [4.69, 9.17) is 5.73 Å². The average Bonchev–Trinajstić information content (AvgIpc) is 3.02. The Kier molecular flexibility index (Phi) is 2.75. The van der Waals surface area contributed by atoms with Crippen LogP contribution in [-0.4, -0.2) is 29.9 Å². The van der Waals surface area contributed by atoms with E-state index in [0.717, 1.165) is 19.4 Å². The van der Waals surface area contributed by atoms with Crippen LogP contribution in [0.1, 0.15) is 39.5 Å². The molecule has 0 saturated heterocycles. The first-order valence-corrected chi connectivity index (χ1v) is 6.10. The Bertz CT molecular complexity index is 254. The number of rotatable bonds is 5. The average molecular weight is 210 g/mol. The van der Waals surface area contributed by atoms with E-state index in [1.165, 1.54) is 12.8 Å². The zero-order valence-corrected chi connectivity index (χ0v) is 9.83. The van der Waals surface area contributed by atoms with Gasteiger partial charge in [-0.25, -0.2) is 0 Å². The highest BCUT2D eigenvalue weighted by atomic mass is 16.2. The first kappa shape index (κ1) is 10.9. The van der Waals surface area contributed by atoms with Crippen molar-refractivity contribution in [2.24, 2.45) is 17.1 Å². The normalized spacial score (nSPS) is 22.9. The lowest BCUT2D eigenvalue weighted by Gasteiger charge is -2.28. The second-order valence-electron chi connectivity index (χ2n) is 5.57. The van der Waals surface area contributed by atoms with Crippen molar-refractivity contribution in [3.05, 3.63) is 0 Å². The van der Waals surface area contributed by atoms with Gasteiger partial charge in [0.2, 0.25) is 5.91 Å².